The normalized spacial score (nSPS) is 29.0. The van der Waals surface area contributed by atoms with Gasteiger partial charge in [-0.25, -0.2) is 0 Å². The van der Waals surface area contributed by atoms with E-state index in [0.717, 1.165) is 5.94 Å². The average Bonchev–Trinajstić information content (AvgIpc) is 1.90. The first-order valence-electron chi connectivity index (χ1n) is 3.50. The topological polar surface area (TPSA) is 9.23 Å². The van der Waals surface area contributed by atoms with Crippen LogP contribution in [0.15, 0.2) is 0 Å². The van der Waals surface area contributed by atoms with Gasteiger partial charge >= 0.3 is 0 Å². The van der Waals surface area contributed by atoms with Crippen molar-refractivity contribution in [2.75, 3.05) is 11.7 Å². The first kappa shape index (κ1) is 7.42. The number of rotatable bonds is 1. The molecule has 1 unspecified atom stereocenters. The molecule has 0 bridgehead atoms. The summed E-state index contributed by atoms with van der Waals surface area (Å²) in [4.78, 5) is 0. The lowest BCUT2D eigenvalue weighted by Crippen LogP contribution is -2.24. The summed E-state index contributed by atoms with van der Waals surface area (Å²) in [5.74, 6) is 2.89. The van der Waals surface area contributed by atoms with E-state index in [-0.39, 0.29) is 0 Å². The minimum absolute atomic E-state index is 0.534. The fraction of sp³-hybridized carbons (Fsp3) is 1.00. The first-order valence-corrected chi connectivity index (χ1v) is 4.65. The number of thioether (sulfide) groups is 1. The van der Waals surface area contributed by atoms with Gasteiger partial charge < -0.3 is 4.74 Å². The third-order valence-electron chi connectivity index (χ3n) is 1.66. The van der Waals surface area contributed by atoms with E-state index < -0.39 is 0 Å². The highest BCUT2D eigenvalue weighted by Gasteiger charge is 2.16. The fourth-order valence-corrected chi connectivity index (χ4v) is 1.79. The Labute approximate surface area is 61.2 Å². The Morgan fingerprint density at radius 1 is 1.56 bits per heavy atom. The van der Waals surface area contributed by atoms with Crippen molar-refractivity contribution in [3.63, 3.8) is 0 Å². The van der Waals surface area contributed by atoms with Crippen LogP contribution in [-0.2, 0) is 4.74 Å². The Bertz CT molecular complexity index is 77.0. The van der Waals surface area contributed by atoms with Crippen LogP contribution < -0.4 is 0 Å². The van der Waals surface area contributed by atoms with E-state index in [2.05, 4.69) is 13.8 Å². The molecule has 0 amide bonds. The Morgan fingerprint density at radius 2 is 2.33 bits per heavy atom. The Morgan fingerprint density at radius 3 is 2.67 bits per heavy atom. The van der Waals surface area contributed by atoms with Gasteiger partial charge in [-0.2, -0.15) is 0 Å². The second-order valence-corrected chi connectivity index (χ2v) is 3.82. The van der Waals surface area contributed by atoms with E-state index in [1.807, 2.05) is 11.8 Å². The van der Waals surface area contributed by atoms with Crippen LogP contribution in [0.3, 0.4) is 0 Å². The largest absolute Gasteiger partial charge is 0.367 e. The predicted octanol–water partition coefficient (Wildman–Crippen LogP) is 2.12. The van der Waals surface area contributed by atoms with Crippen LogP contribution in [0.5, 0.6) is 0 Å². The zero-order valence-corrected chi connectivity index (χ0v) is 6.91. The van der Waals surface area contributed by atoms with Crippen molar-refractivity contribution >= 4 is 11.8 Å². The summed E-state index contributed by atoms with van der Waals surface area (Å²) in [6.07, 6.45) is 1.77. The molecule has 1 aliphatic heterocycles. The summed E-state index contributed by atoms with van der Waals surface area (Å²) >= 11 is 1.89. The summed E-state index contributed by atoms with van der Waals surface area (Å²) in [6.45, 7) is 4.45. The van der Waals surface area contributed by atoms with Gasteiger partial charge in [0.05, 0.1) is 12.0 Å². The second-order valence-electron chi connectivity index (χ2n) is 2.76. The van der Waals surface area contributed by atoms with Gasteiger partial charge in [0.25, 0.3) is 0 Å². The van der Waals surface area contributed by atoms with Crippen LogP contribution in [-0.4, -0.2) is 17.8 Å². The molecule has 1 nitrogen and oxygen atoms in total. The monoisotopic (exact) mass is 146 g/mol. The van der Waals surface area contributed by atoms with Gasteiger partial charge in [0.15, 0.2) is 0 Å². The maximum Gasteiger partial charge on any atom is 0.0924 e. The fourth-order valence-electron chi connectivity index (χ4n) is 1.00. The Hall–Kier alpha value is 0.310. The van der Waals surface area contributed by atoms with E-state index in [1.54, 1.807) is 0 Å². The van der Waals surface area contributed by atoms with Crippen molar-refractivity contribution in [2.45, 2.75) is 26.4 Å². The van der Waals surface area contributed by atoms with E-state index in [4.69, 9.17) is 4.74 Å². The average molecular weight is 146 g/mol. The number of hydrogen-bond acceptors (Lipinski definition) is 2. The SMILES string of the molecule is CC(C)C1CCSCO1. The molecule has 0 aromatic heterocycles. The molecule has 54 valence electrons. The Kier molecular flexibility index (Phi) is 2.86. The molecule has 1 aliphatic rings. The van der Waals surface area contributed by atoms with Crippen molar-refractivity contribution in [2.24, 2.45) is 5.92 Å². The van der Waals surface area contributed by atoms with Gasteiger partial charge in [-0.3, -0.25) is 0 Å². The van der Waals surface area contributed by atoms with Crippen LogP contribution in [0.1, 0.15) is 20.3 Å². The van der Waals surface area contributed by atoms with Crippen molar-refractivity contribution in [1.29, 1.82) is 0 Å². The minimum atomic E-state index is 0.534. The molecule has 1 rings (SSSR count). The smallest absolute Gasteiger partial charge is 0.0924 e. The standard InChI is InChI=1S/C7H14OS/c1-6(2)7-3-4-9-5-8-7/h6-7H,3-5H2,1-2H3. The summed E-state index contributed by atoms with van der Waals surface area (Å²) in [6, 6.07) is 0. The second kappa shape index (κ2) is 3.47. The van der Waals surface area contributed by atoms with Gasteiger partial charge in [-0.05, 0) is 18.1 Å². The van der Waals surface area contributed by atoms with Gasteiger partial charge in [-0.1, -0.05) is 13.8 Å². The molecule has 1 atom stereocenters. The zero-order valence-electron chi connectivity index (χ0n) is 6.09. The zero-order chi connectivity index (χ0) is 6.69. The van der Waals surface area contributed by atoms with Gasteiger partial charge in [0, 0.05) is 0 Å². The molecule has 2 heteroatoms. The lowest BCUT2D eigenvalue weighted by atomic mass is 10.1. The molecule has 1 fully saturated rings. The highest BCUT2D eigenvalue weighted by atomic mass is 32.2. The predicted molar refractivity (Wildman–Crippen MR) is 41.7 cm³/mol. The summed E-state index contributed by atoms with van der Waals surface area (Å²) in [7, 11) is 0. The van der Waals surface area contributed by atoms with Crippen LogP contribution >= 0.6 is 11.8 Å². The van der Waals surface area contributed by atoms with Crippen LogP contribution in [0, 0.1) is 5.92 Å². The minimum Gasteiger partial charge on any atom is -0.367 e. The third kappa shape index (κ3) is 2.18. The van der Waals surface area contributed by atoms with Crippen LogP contribution in [0.4, 0.5) is 0 Å². The van der Waals surface area contributed by atoms with E-state index in [0.29, 0.717) is 12.0 Å². The van der Waals surface area contributed by atoms with Gasteiger partial charge in [0.2, 0.25) is 0 Å². The maximum absolute atomic E-state index is 5.50. The van der Waals surface area contributed by atoms with E-state index >= 15 is 0 Å². The number of hydrogen-bond donors (Lipinski definition) is 0. The molecule has 1 heterocycles. The molecule has 0 aromatic rings. The molecule has 0 aromatic carbocycles. The maximum atomic E-state index is 5.50. The molecule has 9 heavy (non-hydrogen) atoms. The molecule has 0 spiro atoms. The molecule has 0 N–H and O–H groups in total. The number of ether oxygens (including phenoxy) is 1. The molecule has 1 saturated heterocycles. The molecular weight excluding hydrogens is 132 g/mol. The van der Waals surface area contributed by atoms with Crippen LogP contribution in [0.25, 0.3) is 0 Å². The summed E-state index contributed by atoms with van der Waals surface area (Å²) in [5.41, 5.74) is 0. The molecule has 0 saturated carbocycles. The molecule has 0 radical (unpaired) electrons. The first-order chi connectivity index (χ1) is 4.30. The van der Waals surface area contributed by atoms with Gasteiger partial charge in [0.1, 0.15) is 0 Å². The van der Waals surface area contributed by atoms with Gasteiger partial charge in [-0.15, -0.1) is 11.8 Å². The van der Waals surface area contributed by atoms with Crippen molar-refractivity contribution in [1.82, 2.24) is 0 Å². The van der Waals surface area contributed by atoms with Crippen LogP contribution in [0.2, 0.25) is 0 Å². The van der Waals surface area contributed by atoms with Crippen molar-refractivity contribution in [3.05, 3.63) is 0 Å². The molecular formula is C7H14OS. The highest BCUT2D eigenvalue weighted by molar-refractivity contribution is 7.99. The van der Waals surface area contributed by atoms with Crippen molar-refractivity contribution in [3.8, 4) is 0 Å². The Balaban J connectivity index is 2.23. The summed E-state index contributed by atoms with van der Waals surface area (Å²) in [5, 5.41) is 0. The highest BCUT2D eigenvalue weighted by Crippen LogP contribution is 2.21. The quantitative estimate of drug-likeness (QED) is 0.560. The molecule has 0 aliphatic carbocycles. The van der Waals surface area contributed by atoms with E-state index in [1.165, 1.54) is 12.2 Å². The summed E-state index contributed by atoms with van der Waals surface area (Å²) < 4.78 is 5.50. The van der Waals surface area contributed by atoms with E-state index in [9.17, 15) is 0 Å². The lowest BCUT2D eigenvalue weighted by Gasteiger charge is -2.25. The van der Waals surface area contributed by atoms with Crippen molar-refractivity contribution < 1.29 is 4.74 Å². The lowest BCUT2D eigenvalue weighted by molar-refractivity contribution is 0.0459. The third-order valence-corrected chi connectivity index (χ3v) is 2.48.